The maximum atomic E-state index is 13.1. The number of benzene rings is 2. The molecule has 30 heavy (non-hydrogen) atoms. The largest absolute Gasteiger partial charge is 0.444 e. The van der Waals surface area contributed by atoms with E-state index in [-0.39, 0.29) is 18.3 Å². The third-order valence-corrected chi connectivity index (χ3v) is 11.1. The summed E-state index contributed by atoms with van der Waals surface area (Å²) in [5, 5.41) is 11.0. The van der Waals surface area contributed by atoms with E-state index in [9.17, 15) is 9.90 Å². The van der Waals surface area contributed by atoms with Crippen LogP contribution in [-0.4, -0.2) is 32.2 Å². The second-order valence-electron chi connectivity index (χ2n) is 9.20. The van der Waals surface area contributed by atoms with Gasteiger partial charge in [0.25, 0.3) is 0 Å². The fraction of sp³-hybridized carbons (Fsp3) is 0.435. The number of amides is 1. The number of ether oxygens (including phenoxy) is 1. The smallest absolute Gasteiger partial charge is 0.415 e. The van der Waals surface area contributed by atoms with Gasteiger partial charge < -0.3 is 14.3 Å². The molecule has 2 aromatic carbocycles. The zero-order valence-corrected chi connectivity index (χ0v) is 20.8. The van der Waals surface area contributed by atoms with E-state index in [2.05, 4.69) is 49.8 Å². The van der Waals surface area contributed by atoms with Crippen molar-refractivity contribution in [2.45, 2.75) is 57.7 Å². The van der Waals surface area contributed by atoms with Crippen LogP contribution in [0.3, 0.4) is 0 Å². The molecule has 1 N–H and O–H groups in total. The third-order valence-electron chi connectivity index (χ3n) is 6.09. The Morgan fingerprint density at radius 3 is 2.47 bits per heavy atom. The van der Waals surface area contributed by atoms with Gasteiger partial charge in [-0.25, -0.2) is 4.79 Å². The van der Waals surface area contributed by atoms with Crippen LogP contribution in [0.4, 0.5) is 10.5 Å². The molecule has 2 aromatic rings. The lowest BCUT2D eigenvalue weighted by atomic mass is 10.1. The van der Waals surface area contributed by atoms with E-state index in [1.165, 1.54) is 0 Å². The first kappa shape index (κ1) is 23.0. The Morgan fingerprint density at radius 1 is 1.17 bits per heavy atom. The number of halogens is 1. The topological polar surface area (TPSA) is 59.0 Å². The highest BCUT2D eigenvalue weighted by atomic mass is 79.9. The molecule has 0 aromatic heterocycles. The molecular weight excluding hydrogens is 462 g/mol. The van der Waals surface area contributed by atoms with Gasteiger partial charge in [-0.1, -0.05) is 73.1 Å². The van der Waals surface area contributed by atoms with Crippen molar-refractivity contribution in [3.63, 3.8) is 0 Å². The van der Waals surface area contributed by atoms with Gasteiger partial charge in [-0.15, -0.1) is 0 Å². The highest BCUT2D eigenvalue weighted by Gasteiger charge is 2.45. The summed E-state index contributed by atoms with van der Waals surface area (Å²) in [6.45, 7) is 11.3. The minimum absolute atomic E-state index is 0.0328. The molecule has 1 amide bonds. The standard InChI is InChI=1S/C23H30BrNO4Si/c1-23(2,3)30(4,5)29-15-20-21(26)18-12-11-17(24)13-19(18)25(20)22(27)28-14-16-9-7-6-8-10-16/h6-13,20-21,26H,14-15H2,1-5H3/t20-,21-/m1/s1. The number of carbonyl (C=O) groups is 1. The highest BCUT2D eigenvalue weighted by Crippen LogP contribution is 2.43. The van der Waals surface area contributed by atoms with Gasteiger partial charge in [-0.3, -0.25) is 4.90 Å². The summed E-state index contributed by atoms with van der Waals surface area (Å²) in [7, 11) is -2.05. The first-order chi connectivity index (χ1) is 14.0. The molecule has 162 valence electrons. The predicted octanol–water partition coefficient (Wildman–Crippen LogP) is 6.03. The predicted molar refractivity (Wildman–Crippen MR) is 125 cm³/mol. The van der Waals surface area contributed by atoms with Crippen molar-refractivity contribution >= 4 is 36.0 Å². The van der Waals surface area contributed by atoms with Crippen LogP contribution in [0.25, 0.3) is 0 Å². The molecular formula is C23H30BrNO4Si. The number of carbonyl (C=O) groups excluding carboxylic acids is 1. The van der Waals surface area contributed by atoms with Crippen LogP contribution < -0.4 is 4.90 Å². The molecule has 7 heteroatoms. The van der Waals surface area contributed by atoms with Gasteiger partial charge in [0, 0.05) is 10.0 Å². The molecule has 1 heterocycles. The monoisotopic (exact) mass is 491 g/mol. The van der Waals surface area contributed by atoms with Gasteiger partial charge in [0.05, 0.1) is 18.3 Å². The summed E-state index contributed by atoms with van der Waals surface area (Å²) in [4.78, 5) is 14.6. The lowest BCUT2D eigenvalue weighted by Crippen LogP contribution is -2.48. The van der Waals surface area contributed by atoms with Crippen molar-refractivity contribution in [2.75, 3.05) is 11.5 Å². The van der Waals surface area contributed by atoms with Crippen molar-refractivity contribution in [1.82, 2.24) is 0 Å². The number of hydrogen-bond acceptors (Lipinski definition) is 4. The zero-order chi connectivity index (χ0) is 22.1. The van der Waals surface area contributed by atoms with E-state index in [1.54, 1.807) is 4.90 Å². The van der Waals surface area contributed by atoms with Gasteiger partial charge in [0.1, 0.15) is 12.7 Å². The number of aliphatic hydroxyl groups is 1. The number of aliphatic hydroxyl groups excluding tert-OH is 1. The second kappa shape index (κ2) is 8.83. The number of rotatable bonds is 5. The van der Waals surface area contributed by atoms with E-state index in [1.807, 2.05) is 48.5 Å². The molecule has 2 atom stereocenters. The van der Waals surface area contributed by atoms with Gasteiger partial charge >= 0.3 is 6.09 Å². The molecule has 1 aliphatic rings. The van der Waals surface area contributed by atoms with E-state index >= 15 is 0 Å². The Balaban J connectivity index is 1.83. The molecule has 0 radical (unpaired) electrons. The Morgan fingerprint density at radius 2 is 1.83 bits per heavy atom. The van der Waals surface area contributed by atoms with Crippen molar-refractivity contribution in [3.8, 4) is 0 Å². The molecule has 1 aliphatic heterocycles. The van der Waals surface area contributed by atoms with Crippen LogP contribution in [0.1, 0.15) is 38.0 Å². The van der Waals surface area contributed by atoms with E-state index in [0.29, 0.717) is 11.3 Å². The van der Waals surface area contributed by atoms with Crippen molar-refractivity contribution in [1.29, 1.82) is 0 Å². The first-order valence-corrected chi connectivity index (χ1v) is 13.8. The molecule has 5 nitrogen and oxygen atoms in total. The molecule has 3 rings (SSSR count). The lowest BCUT2D eigenvalue weighted by molar-refractivity contribution is 0.104. The minimum Gasteiger partial charge on any atom is -0.444 e. The summed E-state index contributed by atoms with van der Waals surface area (Å²) in [6.07, 6.45) is -1.32. The molecule has 0 saturated carbocycles. The van der Waals surface area contributed by atoms with Crippen LogP contribution in [-0.2, 0) is 15.8 Å². The maximum Gasteiger partial charge on any atom is 0.415 e. The summed E-state index contributed by atoms with van der Waals surface area (Å²) in [5.41, 5.74) is 2.27. The fourth-order valence-corrected chi connectivity index (χ4v) is 4.57. The van der Waals surface area contributed by atoms with Crippen LogP contribution in [0.2, 0.25) is 18.1 Å². The molecule has 0 bridgehead atoms. The Bertz CT molecular complexity index is 898. The zero-order valence-electron chi connectivity index (χ0n) is 18.2. The SMILES string of the molecule is CC(C)(C)[Si](C)(C)OC[C@@H]1[C@H](O)c2ccc(Br)cc2N1C(=O)OCc1ccccc1. The van der Waals surface area contributed by atoms with Gasteiger partial charge in [0.2, 0.25) is 0 Å². The Kier molecular flexibility index (Phi) is 6.77. The molecule has 0 aliphatic carbocycles. The molecule has 0 fully saturated rings. The number of anilines is 1. The molecule has 0 spiro atoms. The Hall–Kier alpha value is -1.67. The normalized spacial score (nSPS) is 19.0. The van der Waals surface area contributed by atoms with Crippen LogP contribution >= 0.6 is 15.9 Å². The lowest BCUT2D eigenvalue weighted by Gasteiger charge is -2.38. The number of fused-ring (bicyclic) bond motifs is 1. The van der Waals surface area contributed by atoms with E-state index in [0.717, 1.165) is 10.0 Å². The first-order valence-electron chi connectivity index (χ1n) is 10.1. The molecule has 0 saturated heterocycles. The van der Waals surface area contributed by atoms with E-state index in [4.69, 9.17) is 9.16 Å². The average Bonchev–Trinajstić information content (AvgIpc) is 2.95. The van der Waals surface area contributed by atoms with Crippen LogP contribution in [0.5, 0.6) is 0 Å². The van der Waals surface area contributed by atoms with E-state index < -0.39 is 26.6 Å². The number of nitrogens with zero attached hydrogens (tertiary/aromatic N) is 1. The molecule has 0 unspecified atom stereocenters. The number of hydrogen-bond donors (Lipinski definition) is 1. The van der Waals surface area contributed by atoms with Gasteiger partial charge in [-0.2, -0.15) is 0 Å². The summed E-state index contributed by atoms with van der Waals surface area (Å²) >= 11 is 3.47. The van der Waals surface area contributed by atoms with Gasteiger partial charge in [-0.05, 0) is 35.8 Å². The summed E-state index contributed by atoms with van der Waals surface area (Å²) in [6, 6.07) is 14.6. The van der Waals surface area contributed by atoms with Crippen LogP contribution in [0.15, 0.2) is 53.0 Å². The van der Waals surface area contributed by atoms with Crippen molar-refractivity contribution in [3.05, 3.63) is 64.1 Å². The Labute approximate surface area is 188 Å². The average molecular weight is 492 g/mol. The van der Waals surface area contributed by atoms with Crippen molar-refractivity contribution in [2.24, 2.45) is 0 Å². The quantitative estimate of drug-likeness (QED) is 0.518. The van der Waals surface area contributed by atoms with Crippen LogP contribution in [0, 0.1) is 0 Å². The fourth-order valence-electron chi connectivity index (χ4n) is 3.20. The van der Waals surface area contributed by atoms with Crippen molar-refractivity contribution < 1.29 is 19.1 Å². The summed E-state index contributed by atoms with van der Waals surface area (Å²) in [5.74, 6) is 0. The van der Waals surface area contributed by atoms with Gasteiger partial charge in [0.15, 0.2) is 8.32 Å². The highest BCUT2D eigenvalue weighted by molar-refractivity contribution is 9.10. The maximum absolute atomic E-state index is 13.1. The third kappa shape index (κ3) is 4.80. The minimum atomic E-state index is -2.05. The summed E-state index contributed by atoms with van der Waals surface area (Å²) < 4.78 is 12.8. The second-order valence-corrected chi connectivity index (χ2v) is 14.9.